The molecule has 2 aromatic rings. The van der Waals surface area contributed by atoms with Crippen molar-refractivity contribution in [3.63, 3.8) is 0 Å². The molecule has 2 aromatic carbocycles. The lowest BCUT2D eigenvalue weighted by atomic mass is 9.95. The molecule has 3 heteroatoms. The van der Waals surface area contributed by atoms with E-state index in [2.05, 4.69) is 23.5 Å². The summed E-state index contributed by atoms with van der Waals surface area (Å²) >= 11 is 0. The van der Waals surface area contributed by atoms with Gasteiger partial charge in [-0.05, 0) is 32.5 Å². The van der Waals surface area contributed by atoms with Gasteiger partial charge in [-0.1, -0.05) is 35.4 Å². The first-order valence-corrected chi connectivity index (χ1v) is 6.64. The summed E-state index contributed by atoms with van der Waals surface area (Å²) in [7, 11) is 3.37. The fraction of sp³-hybridized carbons (Fsp3) is 0.294. The largest absolute Gasteiger partial charge is 0.497 e. The number of ether oxygens (including phenoxy) is 1. The molecule has 0 saturated carbocycles. The van der Waals surface area contributed by atoms with Crippen LogP contribution in [0, 0.1) is 19.7 Å². The molecule has 1 atom stereocenters. The molecule has 2 rings (SSSR count). The first kappa shape index (κ1) is 14.5. The third kappa shape index (κ3) is 2.99. The van der Waals surface area contributed by atoms with Crippen LogP contribution in [0.15, 0.2) is 36.4 Å². The van der Waals surface area contributed by atoms with Crippen LogP contribution in [0.2, 0.25) is 0 Å². The third-order valence-corrected chi connectivity index (χ3v) is 3.38. The van der Waals surface area contributed by atoms with E-state index < -0.39 is 0 Å². The van der Waals surface area contributed by atoms with Crippen LogP contribution >= 0.6 is 0 Å². The molecule has 0 amide bonds. The van der Waals surface area contributed by atoms with E-state index in [0.717, 1.165) is 5.56 Å². The summed E-state index contributed by atoms with van der Waals surface area (Å²) in [5, 5.41) is 3.19. The molecule has 20 heavy (non-hydrogen) atoms. The molecule has 1 unspecified atom stereocenters. The maximum absolute atomic E-state index is 14.2. The van der Waals surface area contributed by atoms with Crippen LogP contribution in [0.1, 0.15) is 28.3 Å². The van der Waals surface area contributed by atoms with E-state index in [1.54, 1.807) is 12.1 Å². The summed E-state index contributed by atoms with van der Waals surface area (Å²) in [4.78, 5) is 0. The average Bonchev–Trinajstić information content (AvgIpc) is 2.40. The van der Waals surface area contributed by atoms with Gasteiger partial charge in [0.1, 0.15) is 11.6 Å². The highest BCUT2D eigenvalue weighted by Crippen LogP contribution is 2.28. The van der Waals surface area contributed by atoms with Crippen LogP contribution in [0.4, 0.5) is 4.39 Å². The van der Waals surface area contributed by atoms with E-state index in [4.69, 9.17) is 4.74 Å². The normalized spacial score (nSPS) is 12.2. The fourth-order valence-corrected chi connectivity index (χ4v) is 2.55. The molecule has 0 heterocycles. The van der Waals surface area contributed by atoms with Crippen molar-refractivity contribution in [1.29, 1.82) is 0 Å². The number of halogens is 1. The van der Waals surface area contributed by atoms with Crippen molar-refractivity contribution in [2.75, 3.05) is 14.2 Å². The molecular formula is C17H20FNO. The summed E-state index contributed by atoms with van der Waals surface area (Å²) < 4.78 is 19.3. The standard InChI is InChI=1S/C17H20FNO/c1-11-7-12(2)9-13(8-11)17(19-3)15-6-5-14(20-4)10-16(15)18/h5-10,17,19H,1-4H3. The molecule has 106 valence electrons. The van der Waals surface area contributed by atoms with E-state index in [-0.39, 0.29) is 11.9 Å². The quantitative estimate of drug-likeness (QED) is 0.915. The highest BCUT2D eigenvalue weighted by molar-refractivity contribution is 5.39. The Balaban J connectivity index is 2.46. The number of rotatable bonds is 4. The minimum absolute atomic E-state index is 0.167. The second-order valence-corrected chi connectivity index (χ2v) is 5.03. The molecule has 0 radical (unpaired) electrons. The number of nitrogens with one attached hydrogen (secondary N) is 1. The van der Waals surface area contributed by atoms with Crippen LogP contribution in [-0.2, 0) is 0 Å². The Morgan fingerprint density at radius 3 is 2.20 bits per heavy atom. The lowest BCUT2D eigenvalue weighted by molar-refractivity contribution is 0.410. The van der Waals surface area contributed by atoms with Crippen LogP contribution < -0.4 is 10.1 Å². The molecule has 0 spiro atoms. The van der Waals surface area contributed by atoms with Gasteiger partial charge in [-0.2, -0.15) is 0 Å². The Bertz CT molecular complexity index is 590. The van der Waals surface area contributed by atoms with Gasteiger partial charge in [-0.25, -0.2) is 4.39 Å². The second kappa shape index (κ2) is 6.06. The summed E-state index contributed by atoms with van der Waals surface area (Å²) in [6.45, 7) is 4.10. The Kier molecular flexibility index (Phi) is 4.40. The summed E-state index contributed by atoms with van der Waals surface area (Å²) in [5.74, 6) is 0.268. The molecule has 0 aromatic heterocycles. The lowest BCUT2D eigenvalue weighted by Crippen LogP contribution is -2.19. The Morgan fingerprint density at radius 1 is 1.05 bits per heavy atom. The van der Waals surface area contributed by atoms with Crippen molar-refractivity contribution in [3.05, 3.63) is 64.5 Å². The SMILES string of the molecule is CNC(c1cc(C)cc(C)c1)c1ccc(OC)cc1F. The van der Waals surface area contributed by atoms with Crippen molar-refractivity contribution in [2.45, 2.75) is 19.9 Å². The van der Waals surface area contributed by atoms with Gasteiger partial charge in [0.15, 0.2) is 0 Å². The monoisotopic (exact) mass is 273 g/mol. The van der Waals surface area contributed by atoms with E-state index in [0.29, 0.717) is 11.3 Å². The topological polar surface area (TPSA) is 21.3 Å². The smallest absolute Gasteiger partial charge is 0.132 e. The number of hydrogen-bond acceptors (Lipinski definition) is 2. The third-order valence-electron chi connectivity index (χ3n) is 3.38. The molecule has 1 N–H and O–H groups in total. The molecule has 0 aliphatic carbocycles. The van der Waals surface area contributed by atoms with E-state index in [1.807, 2.05) is 20.9 Å². The van der Waals surface area contributed by atoms with Crippen LogP contribution in [0.5, 0.6) is 5.75 Å². The van der Waals surface area contributed by atoms with E-state index >= 15 is 0 Å². The van der Waals surface area contributed by atoms with Crippen molar-refractivity contribution in [2.24, 2.45) is 0 Å². The minimum atomic E-state index is -0.261. The van der Waals surface area contributed by atoms with E-state index in [1.165, 1.54) is 24.3 Å². The Morgan fingerprint density at radius 2 is 1.70 bits per heavy atom. The van der Waals surface area contributed by atoms with Crippen LogP contribution in [0.3, 0.4) is 0 Å². The maximum atomic E-state index is 14.2. The molecule has 0 fully saturated rings. The van der Waals surface area contributed by atoms with Gasteiger partial charge in [-0.15, -0.1) is 0 Å². The molecular weight excluding hydrogens is 253 g/mol. The first-order chi connectivity index (χ1) is 9.55. The molecule has 0 bridgehead atoms. The van der Waals surface area contributed by atoms with Gasteiger partial charge >= 0.3 is 0 Å². The van der Waals surface area contributed by atoms with Gasteiger partial charge < -0.3 is 10.1 Å². The molecule has 0 saturated heterocycles. The molecule has 2 nitrogen and oxygen atoms in total. The second-order valence-electron chi connectivity index (χ2n) is 5.03. The van der Waals surface area contributed by atoms with Crippen LogP contribution in [-0.4, -0.2) is 14.2 Å². The predicted molar refractivity (Wildman–Crippen MR) is 79.8 cm³/mol. The van der Waals surface area contributed by atoms with Crippen molar-refractivity contribution < 1.29 is 9.13 Å². The van der Waals surface area contributed by atoms with Crippen molar-refractivity contribution >= 4 is 0 Å². The van der Waals surface area contributed by atoms with E-state index in [9.17, 15) is 4.39 Å². The summed E-state index contributed by atoms with van der Waals surface area (Å²) in [6.07, 6.45) is 0. The van der Waals surface area contributed by atoms with Crippen LogP contribution in [0.25, 0.3) is 0 Å². The summed E-state index contributed by atoms with van der Waals surface area (Å²) in [5.41, 5.74) is 4.04. The predicted octanol–water partition coefficient (Wildman–Crippen LogP) is 3.76. The van der Waals surface area contributed by atoms with Gasteiger partial charge in [-0.3, -0.25) is 0 Å². The molecule has 0 aliphatic rings. The lowest BCUT2D eigenvalue weighted by Gasteiger charge is -2.19. The van der Waals surface area contributed by atoms with Gasteiger partial charge in [0.05, 0.1) is 13.2 Å². The number of hydrogen-bond donors (Lipinski definition) is 1. The summed E-state index contributed by atoms with van der Waals surface area (Å²) in [6, 6.07) is 11.1. The average molecular weight is 273 g/mol. The number of methoxy groups -OCH3 is 1. The number of aryl methyl sites for hydroxylation is 2. The minimum Gasteiger partial charge on any atom is -0.497 e. The zero-order valence-electron chi connectivity index (χ0n) is 12.3. The fourth-order valence-electron chi connectivity index (χ4n) is 2.55. The highest BCUT2D eigenvalue weighted by atomic mass is 19.1. The van der Waals surface area contributed by atoms with Gasteiger partial charge in [0.2, 0.25) is 0 Å². The first-order valence-electron chi connectivity index (χ1n) is 6.64. The Labute approximate surface area is 119 Å². The van der Waals surface area contributed by atoms with Gasteiger partial charge in [0, 0.05) is 11.6 Å². The Hall–Kier alpha value is -1.87. The van der Waals surface area contributed by atoms with Crippen molar-refractivity contribution in [1.82, 2.24) is 5.32 Å². The zero-order valence-corrected chi connectivity index (χ0v) is 12.3. The molecule has 0 aliphatic heterocycles. The van der Waals surface area contributed by atoms with Crippen molar-refractivity contribution in [3.8, 4) is 5.75 Å². The highest BCUT2D eigenvalue weighted by Gasteiger charge is 2.17. The maximum Gasteiger partial charge on any atom is 0.132 e. The number of benzene rings is 2. The van der Waals surface area contributed by atoms with Gasteiger partial charge in [0.25, 0.3) is 0 Å². The zero-order chi connectivity index (χ0) is 14.7.